The average Bonchev–Trinajstić information content (AvgIpc) is 3.22. The Bertz CT molecular complexity index is 1280. The van der Waals surface area contributed by atoms with Gasteiger partial charge in [0.1, 0.15) is 4.91 Å². The largest absolute Gasteiger partial charge is 0.462 e. The number of rotatable bonds is 3. The first-order chi connectivity index (χ1) is 16.1. The molecule has 0 saturated carbocycles. The number of benzene rings is 2. The monoisotopic (exact) mass is 509 g/mol. The van der Waals surface area contributed by atoms with Crippen LogP contribution in [-0.2, 0) is 14.3 Å². The van der Waals surface area contributed by atoms with Gasteiger partial charge in [-0.05, 0) is 63.4 Å². The van der Waals surface area contributed by atoms with E-state index >= 15 is 0 Å². The summed E-state index contributed by atoms with van der Waals surface area (Å²) >= 11 is 9.01. The van der Waals surface area contributed by atoms with Gasteiger partial charge in [-0.1, -0.05) is 66.1 Å². The van der Waals surface area contributed by atoms with Crippen molar-refractivity contribution in [3.05, 3.63) is 73.9 Å². The molecule has 0 aromatic heterocycles. The number of amides is 1. The van der Waals surface area contributed by atoms with Crippen molar-refractivity contribution in [2.45, 2.75) is 47.1 Å². The number of esters is 1. The van der Waals surface area contributed by atoms with E-state index in [2.05, 4.69) is 19.1 Å². The summed E-state index contributed by atoms with van der Waals surface area (Å²) in [5.41, 5.74) is 5.19. The van der Waals surface area contributed by atoms with Crippen LogP contribution in [0.4, 0.5) is 5.69 Å². The third-order valence-corrected chi connectivity index (χ3v) is 9.41. The van der Waals surface area contributed by atoms with Gasteiger partial charge < -0.3 is 9.64 Å². The number of anilines is 1. The normalized spacial score (nSPS) is 19.4. The molecule has 0 unspecified atom stereocenters. The van der Waals surface area contributed by atoms with E-state index in [1.165, 1.54) is 11.8 Å². The van der Waals surface area contributed by atoms with E-state index in [-0.39, 0.29) is 11.9 Å². The molecule has 2 aliphatic rings. The molecule has 1 amide bonds. The van der Waals surface area contributed by atoms with Crippen LogP contribution in [0.1, 0.15) is 49.9 Å². The van der Waals surface area contributed by atoms with Crippen molar-refractivity contribution in [2.75, 3.05) is 11.5 Å². The zero-order chi connectivity index (χ0) is 24.8. The smallest absolute Gasteiger partial charge is 0.346 e. The molecule has 0 bridgehead atoms. The van der Waals surface area contributed by atoms with E-state index in [1.807, 2.05) is 58.0 Å². The molecule has 2 heterocycles. The Labute approximate surface area is 214 Å². The fraction of sp³-hybridized carbons (Fsp3) is 0.296. The summed E-state index contributed by atoms with van der Waals surface area (Å²) in [4.78, 5) is 29.6. The van der Waals surface area contributed by atoms with Gasteiger partial charge in [0.25, 0.3) is 0 Å². The maximum atomic E-state index is 12.9. The van der Waals surface area contributed by atoms with Crippen LogP contribution in [-0.4, -0.2) is 28.9 Å². The van der Waals surface area contributed by atoms with Crippen LogP contribution in [0.5, 0.6) is 0 Å². The van der Waals surface area contributed by atoms with Crippen molar-refractivity contribution in [3.8, 4) is 0 Å². The number of hydrogen-bond donors (Lipinski definition) is 0. The van der Waals surface area contributed by atoms with Crippen molar-refractivity contribution in [2.24, 2.45) is 0 Å². The number of thiocarbonyl (C=S) groups is 1. The van der Waals surface area contributed by atoms with Crippen LogP contribution in [0.25, 0.3) is 10.5 Å². The second-order valence-corrected chi connectivity index (χ2v) is 11.5. The average molecular weight is 510 g/mol. The van der Waals surface area contributed by atoms with Crippen molar-refractivity contribution in [3.63, 3.8) is 0 Å². The summed E-state index contributed by atoms with van der Waals surface area (Å²) in [6.07, 6.45) is 0. The summed E-state index contributed by atoms with van der Waals surface area (Å²) < 4.78 is 6.33. The van der Waals surface area contributed by atoms with Crippen LogP contribution in [0.2, 0.25) is 0 Å². The van der Waals surface area contributed by atoms with E-state index in [0.29, 0.717) is 16.4 Å². The molecule has 0 saturated heterocycles. The summed E-state index contributed by atoms with van der Waals surface area (Å²) in [6.45, 7) is 11.8. The highest BCUT2D eigenvalue weighted by atomic mass is 32.2. The van der Waals surface area contributed by atoms with Crippen LogP contribution in [0, 0.1) is 13.8 Å². The number of nitrogens with zero attached hydrogens (tertiary/aromatic N) is 1. The molecule has 0 fully saturated rings. The van der Waals surface area contributed by atoms with Gasteiger partial charge in [-0.15, -0.1) is 0 Å². The molecule has 4 nitrogen and oxygen atoms in total. The van der Waals surface area contributed by atoms with Crippen LogP contribution >= 0.6 is 35.7 Å². The van der Waals surface area contributed by atoms with Crippen molar-refractivity contribution < 1.29 is 14.3 Å². The fourth-order valence-corrected chi connectivity index (χ4v) is 7.43. The lowest BCUT2D eigenvalue weighted by atomic mass is 9.82. The zero-order valence-electron chi connectivity index (χ0n) is 20.1. The topological polar surface area (TPSA) is 46.6 Å². The van der Waals surface area contributed by atoms with Crippen LogP contribution < -0.4 is 4.90 Å². The minimum atomic E-state index is -0.696. The number of carbonyl (C=O) groups excluding carboxylic acids is 2. The lowest BCUT2D eigenvalue weighted by molar-refractivity contribution is -0.137. The van der Waals surface area contributed by atoms with Crippen molar-refractivity contribution >= 4 is 68.6 Å². The highest BCUT2D eigenvalue weighted by molar-refractivity contribution is 8.32. The van der Waals surface area contributed by atoms with Gasteiger partial charge in [-0.3, -0.25) is 4.79 Å². The Hall–Kier alpha value is -2.35. The highest BCUT2D eigenvalue weighted by Crippen LogP contribution is 2.58. The lowest BCUT2D eigenvalue weighted by Crippen LogP contribution is -2.55. The maximum absolute atomic E-state index is 12.9. The van der Waals surface area contributed by atoms with Gasteiger partial charge in [-0.2, -0.15) is 0 Å². The minimum Gasteiger partial charge on any atom is -0.462 e. The first kappa shape index (κ1) is 24.8. The molecule has 0 atom stereocenters. The second kappa shape index (κ2) is 9.36. The van der Waals surface area contributed by atoms with Crippen molar-refractivity contribution in [1.82, 2.24) is 0 Å². The van der Waals surface area contributed by atoms with Crippen LogP contribution in [0.3, 0.4) is 0 Å². The molecule has 34 heavy (non-hydrogen) atoms. The third-order valence-electron chi connectivity index (χ3n) is 6.08. The number of ether oxygens (including phenoxy) is 1. The number of fused-ring (bicyclic) bond motifs is 1. The highest BCUT2D eigenvalue weighted by Gasteiger charge is 2.45. The first-order valence-electron chi connectivity index (χ1n) is 11.1. The fourth-order valence-electron chi connectivity index (χ4n) is 4.29. The van der Waals surface area contributed by atoms with E-state index in [4.69, 9.17) is 17.0 Å². The van der Waals surface area contributed by atoms with Gasteiger partial charge in [0.05, 0.1) is 26.9 Å². The summed E-state index contributed by atoms with van der Waals surface area (Å²) in [6, 6.07) is 14.0. The standard InChI is InChI=1S/C27H27NO3S3/c1-7-31-25(30)23-22(18-11-9-8-10-12-18)33-26(34-23)21-19-13-15(2)16(3)14-20(19)28(17(4)29)27(5,6)24(21)32/h8-14H,7H2,1-6H3/b26-21-. The molecule has 0 aliphatic carbocycles. The Kier molecular flexibility index (Phi) is 6.82. The van der Waals surface area contributed by atoms with E-state index < -0.39 is 5.54 Å². The molecule has 4 rings (SSSR count). The third kappa shape index (κ3) is 4.14. The Morgan fingerprint density at radius 2 is 1.71 bits per heavy atom. The molecule has 2 aromatic carbocycles. The summed E-state index contributed by atoms with van der Waals surface area (Å²) in [5.74, 6) is -0.385. The molecule has 0 radical (unpaired) electrons. The molecular weight excluding hydrogens is 483 g/mol. The Balaban J connectivity index is 1.95. The number of aryl methyl sites for hydroxylation is 2. The second-order valence-electron chi connectivity index (χ2n) is 8.81. The van der Waals surface area contributed by atoms with E-state index in [0.717, 1.165) is 42.7 Å². The van der Waals surface area contributed by atoms with Crippen LogP contribution in [0.15, 0.2) is 51.6 Å². The molecule has 2 aliphatic heterocycles. The molecule has 2 aromatic rings. The minimum absolute atomic E-state index is 0.0528. The van der Waals surface area contributed by atoms with Gasteiger partial charge in [0.2, 0.25) is 5.91 Å². The Morgan fingerprint density at radius 3 is 2.32 bits per heavy atom. The Morgan fingerprint density at radius 1 is 1.06 bits per heavy atom. The summed E-state index contributed by atoms with van der Waals surface area (Å²) in [7, 11) is 0. The van der Waals surface area contributed by atoms with Gasteiger partial charge in [-0.25, -0.2) is 4.79 Å². The van der Waals surface area contributed by atoms with Gasteiger partial charge >= 0.3 is 5.97 Å². The maximum Gasteiger partial charge on any atom is 0.346 e. The molecule has 176 valence electrons. The van der Waals surface area contributed by atoms with Gasteiger partial charge in [0.15, 0.2) is 0 Å². The molecule has 0 N–H and O–H groups in total. The predicted octanol–water partition coefficient (Wildman–Crippen LogP) is 6.90. The molecule has 0 spiro atoms. The lowest BCUT2D eigenvalue weighted by Gasteiger charge is -2.45. The van der Waals surface area contributed by atoms with Gasteiger partial charge in [0, 0.05) is 23.0 Å². The molecule has 7 heteroatoms. The number of carbonyl (C=O) groups is 2. The summed E-state index contributed by atoms with van der Waals surface area (Å²) in [5, 5.41) is 0. The first-order valence-corrected chi connectivity index (χ1v) is 13.2. The molecular formula is C27H27NO3S3. The van der Waals surface area contributed by atoms with E-state index in [1.54, 1.807) is 23.6 Å². The SMILES string of the molecule is CCOC(=O)C1=C(c2ccccc2)S/C(=C2/C(=S)C(C)(C)N(C(C)=O)c3cc(C)c(C)cc32)S1. The zero-order valence-corrected chi connectivity index (χ0v) is 22.6. The number of thioether (sulfide) groups is 2. The van der Waals surface area contributed by atoms with Crippen molar-refractivity contribution in [1.29, 1.82) is 0 Å². The number of hydrogen-bond acceptors (Lipinski definition) is 6. The van der Waals surface area contributed by atoms with E-state index in [9.17, 15) is 9.59 Å². The quantitative estimate of drug-likeness (QED) is 0.255. The predicted molar refractivity (Wildman–Crippen MR) is 148 cm³/mol.